The van der Waals surface area contributed by atoms with Crippen LogP contribution in [0.5, 0.6) is 5.88 Å². The van der Waals surface area contributed by atoms with Gasteiger partial charge in [0.1, 0.15) is 5.76 Å². The number of nitrogens with zero attached hydrogens (tertiary/aromatic N) is 4. The van der Waals surface area contributed by atoms with Crippen molar-refractivity contribution in [1.82, 2.24) is 24.4 Å². The van der Waals surface area contributed by atoms with Crippen LogP contribution in [-0.2, 0) is 22.9 Å². The van der Waals surface area contributed by atoms with Gasteiger partial charge in [0.05, 0.1) is 5.69 Å². The third kappa shape index (κ3) is 5.84. The van der Waals surface area contributed by atoms with E-state index in [0.717, 1.165) is 72.3 Å². The molecule has 0 atom stereocenters. The SMILES string of the molecule is Cc1cc2c(c(NC(=O)NS(=O)(=O)c3ccn(C(C)C)n3)c1-c1ccnc(OC3=CCN(C)CC3)c1)CCC2. The van der Waals surface area contributed by atoms with Crippen LogP contribution in [0.2, 0.25) is 0 Å². The maximum Gasteiger partial charge on any atom is 0.333 e. The van der Waals surface area contributed by atoms with Crippen LogP contribution in [0.3, 0.4) is 0 Å². The zero-order valence-corrected chi connectivity index (χ0v) is 23.5. The van der Waals surface area contributed by atoms with Crippen LogP contribution in [0.25, 0.3) is 11.1 Å². The molecule has 0 fully saturated rings. The van der Waals surface area contributed by atoms with Crippen LogP contribution in [0.15, 0.2) is 53.5 Å². The number of benzene rings is 1. The molecule has 5 rings (SSSR count). The van der Waals surface area contributed by atoms with Crippen molar-refractivity contribution in [3.63, 3.8) is 0 Å². The van der Waals surface area contributed by atoms with Crippen molar-refractivity contribution in [2.75, 3.05) is 25.5 Å². The second-order valence-corrected chi connectivity index (χ2v) is 12.0. The summed E-state index contributed by atoms with van der Waals surface area (Å²) in [7, 11) is -2.09. The van der Waals surface area contributed by atoms with Crippen molar-refractivity contribution in [3.8, 4) is 17.0 Å². The quantitative estimate of drug-likeness (QED) is 0.447. The molecule has 0 radical (unpaired) electrons. The fourth-order valence-electron chi connectivity index (χ4n) is 5.07. The number of aryl methyl sites for hydroxylation is 2. The molecule has 2 amide bonds. The van der Waals surface area contributed by atoms with E-state index in [4.69, 9.17) is 4.74 Å². The average Bonchev–Trinajstić information content (AvgIpc) is 3.56. The van der Waals surface area contributed by atoms with Crippen LogP contribution in [-0.4, -0.2) is 54.3 Å². The van der Waals surface area contributed by atoms with Crippen LogP contribution in [0.1, 0.15) is 49.4 Å². The predicted octanol–water partition coefficient (Wildman–Crippen LogP) is 4.43. The van der Waals surface area contributed by atoms with Gasteiger partial charge in [-0.05, 0) is 87.5 Å². The molecule has 39 heavy (non-hydrogen) atoms. The highest BCUT2D eigenvalue weighted by molar-refractivity contribution is 7.90. The Kier molecular flexibility index (Phi) is 7.46. The lowest BCUT2D eigenvalue weighted by atomic mass is 9.93. The van der Waals surface area contributed by atoms with Crippen LogP contribution in [0, 0.1) is 6.92 Å². The Morgan fingerprint density at radius 1 is 1.15 bits per heavy atom. The van der Waals surface area contributed by atoms with E-state index in [1.807, 2.05) is 32.9 Å². The number of hydrogen-bond acceptors (Lipinski definition) is 7. The summed E-state index contributed by atoms with van der Waals surface area (Å²) in [6.07, 6.45) is 8.79. The zero-order chi connectivity index (χ0) is 27.7. The fourth-order valence-corrected chi connectivity index (χ4v) is 5.91. The second kappa shape index (κ2) is 10.8. The summed E-state index contributed by atoms with van der Waals surface area (Å²) in [5.41, 5.74) is 5.40. The molecule has 0 spiro atoms. The number of urea groups is 1. The summed E-state index contributed by atoms with van der Waals surface area (Å²) in [4.78, 5) is 19.7. The number of rotatable bonds is 7. The highest BCUT2D eigenvalue weighted by atomic mass is 32.2. The van der Waals surface area contributed by atoms with E-state index in [1.165, 1.54) is 10.7 Å². The first-order valence-corrected chi connectivity index (χ1v) is 14.6. The lowest BCUT2D eigenvalue weighted by Crippen LogP contribution is -2.35. The first kappa shape index (κ1) is 26.9. The van der Waals surface area contributed by atoms with Gasteiger partial charge in [0.25, 0.3) is 10.0 Å². The number of fused-ring (bicyclic) bond motifs is 1. The van der Waals surface area contributed by atoms with Crippen LogP contribution < -0.4 is 14.8 Å². The van der Waals surface area contributed by atoms with Gasteiger partial charge in [-0.15, -0.1) is 0 Å². The number of likely N-dealkylation sites (N-methyl/N-ethyl adjacent to an activating group) is 1. The molecule has 1 aliphatic heterocycles. The molecular formula is C28H34N6O4S. The number of carbonyl (C=O) groups excluding carboxylic acids is 1. The van der Waals surface area contributed by atoms with Crippen molar-refractivity contribution in [2.45, 2.75) is 57.5 Å². The molecule has 1 aromatic carbocycles. The van der Waals surface area contributed by atoms with Gasteiger partial charge < -0.3 is 15.0 Å². The van der Waals surface area contributed by atoms with Gasteiger partial charge in [-0.3, -0.25) is 4.68 Å². The summed E-state index contributed by atoms with van der Waals surface area (Å²) >= 11 is 0. The van der Waals surface area contributed by atoms with Crippen molar-refractivity contribution in [1.29, 1.82) is 0 Å². The topological polar surface area (TPSA) is 118 Å². The summed E-state index contributed by atoms with van der Waals surface area (Å²) < 4.78 is 35.5. The first-order chi connectivity index (χ1) is 18.6. The summed E-state index contributed by atoms with van der Waals surface area (Å²) in [6, 6.07) is 6.42. The molecule has 2 aromatic heterocycles. The highest BCUT2D eigenvalue weighted by Gasteiger charge is 2.26. The molecule has 0 saturated carbocycles. The Morgan fingerprint density at radius 3 is 2.69 bits per heavy atom. The van der Waals surface area contributed by atoms with Crippen molar-refractivity contribution in [3.05, 3.63) is 65.2 Å². The molecule has 3 heterocycles. The number of carbonyl (C=O) groups is 1. The average molecular weight is 551 g/mol. The third-order valence-electron chi connectivity index (χ3n) is 7.08. The van der Waals surface area contributed by atoms with E-state index in [-0.39, 0.29) is 11.1 Å². The summed E-state index contributed by atoms with van der Waals surface area (Å²) in [5, 5.41) is 6.76. The molecule has 2 N–H and O–H groups in total. The molecule has 1 aliphatic carbocycles. The van der Waals surface area contributed by atoms with E-state index in [2.05, 4.69) is 44.2 Å². The number of anilines is 1. The lowest BCUT2D eigenvalue weighted by molar-refractivity contribution is 0.256. The molecule has 206 valence electrons. The minimum absolute atomic E-state index is 0.00908. The van der Waals surface area contributed by atoms with Crippen molar-refractivity contribution < 1.29 is 17.9 Å². The minimum Gasteiger partial charge on any atom is -0.444 e. The first-order valence-electron chi connectivity index (χ1n) is 13.2. The van der Waals surface area contributed by atoms with Crippen LogP contribution >= 0.6 is 0 Å². The normalized spacial score (nSPS) is 15.7. The zero-order valence-electron chi connectivity index (χ0n) is 22.7. The highest BCUT2D eigenvalue weighted by Crippen LogP contribution is 2.41. The molecule has 0 saturated heterocycles. The lowest BCUT2D eigenvalue weighted by Gasteiger charge is -2.22. The van der Waals surface area contributed by atoms with E-state index in [0.29, 0.717) is 11.6 Å². The van der Waals surface area contributed by atoms with E-state index < -0.39 is 16.1 Å². The Labute approximate surface area is 229 Å². The van der Waals surface area contributed by atoms with Crippen LogP contribution in [0.4, 0.5) is 10.5 Å². The molecular weight excluding hydrogens is 516 g/mol. The number of sulfonamides is 1. The maximum atomic E-state index is 13.1. The number of pyridine rings is 1. The summed E-state index contributed by atoms with van der Waals surface area (Å²) in [6.45, 7) is 7.52. The number of ether oxygens (including phenoxy) is 1. The van der Waals surface area contributed by atoms with Gasteiger partial charge in [0.2, 0.25) is 5.88 Å². The van der Waals surface area contributed by atoms with Gasteiger partial charge in [-0.2, -0.15) is 13.5 Å². The van der Waals surface area contributed by atoms with Gasteiger partial charge in [-0.1, -0.05) is 6.07 Å². The third-order valence-corrected chi connectivity index (χ3v) is 8.30. The predicted molar refractivity (Wildman–Crippen MR) is 149 cm³/mol. The fraction of sp³-hybridized carbons (Fsp3) is 0.393. The molecule has 0 unspecified atom stereocenters. The van der Waals surface area contributed by atoms with Gasteiger partial charge in [0.15, 0.2) is 5.03 Å². The Hall–Kier alpha value is -3.70. The Morgan fingerprint density at radius 2 is 1.97 bits per heavy atom. The number of aromatic nitrogens is 3. The maximum absolute atomic E-state index is 13.1. The smallest absolute Gasteiger partial charge is 0.333 e. The second-order valence-electron chi connectivity index (χ2n) is 10.4. The number of hydrogen-bond donors (Lipinski definition) is 2. The van der Waals surface area contributed by atoms with Gasteiger partial charge in [-0.25, -0.2) is 14.5 Å². The number of amides is 2. The monoisotopic (exact) mass is 550 g/mol. The van der Waals surface area contributed by atoms with Crippen molar-refractivity contribution in [2.24, 2.45) is 0 Å². The van der Waals surface area contributed by atoms with E-state index in [1.54, 1.807) is 12.4 Å². The molecule has 2 aliphatic rings. The van der Waals surface area contributed by atoms with Gasteiger partial charge in [0, 0.05) is 49.6 Å². The molecule has 11 heteroatoms. The Bertz CT molecular complexity index is 1540. The molecule has 3 aromatic rings. The largest absolute Gasteiger partial charge is 0.444 e. The molecule has 10 nitrogen and oxygen atoms in total. The van der Waals surface area contributed by atoms with E-state index >= 15 is 0 Å². The minimum atomic E-state index is -4.15. The Balaban J connectivity index is 1.45. The molecule has 0 bridgehead atoms. The number of nitrogens with one attached hydrogen (secondary N) is 2. The van der Waals surface area contributed by atoms with E-state index in [9.17, 15) is 13.2 Å². The van der Waals surface area contributed by atoms with Gasteiger partial charge >= 0.3 is 6.03 Å². The summed E-state index contributed by atoms with van der Waals surface area (Å²) in [5.74, 6) is 1.35. The standard InChI is InChI=1S/C28H34N6O4S/c1-18(2)34-15-11-25(31-34)39(36,37)32-28(35)30-27-23-7-5-6-20(23)16-19(3)26(27)21-8-12-29-24(17-21)38-22-9-13-33(4)14-10-22/h8-9,11-12,15-18H,5-7,10,13-14H2,1-4H3,(H2,30,32,35). The van der Waals surface area contributed by atoms with Crippen molar-refractivity contribution >= 4 is 21.7 Å².